The number of aryl methyl sites for hydroxylation is 1. The molecule has 0 saturated carbocycles. The first-order valence-corrected chi connectivity index (χ1v) is 5.86. The van der Waals surface area contributed by atoms with Gasteiger partial charge in [0.05, 0.1) is 5.69 Å². The molecule has 0 aliphatic rings. The number of ether oxygens (including phenoxy) is 1. The van der Waals surface area contributed by atoms with E-state index in [9.17, 15) is 13.2 Å². The van der Waals surface area contributed by atoms with E-state index in [0.29, 0.717) is 5.69 Å². The number of benzene rings is 1. The van der Waals surface area contributed by atoms with Gasteiger partial charge in [-0.3, -0.25) is 0 Å². The van der Waals surface area contributed by atoms with Crippen molar-refractivity contribution in [2.75, 3.05) is 19.0 Å². The summed E-state index contributed by atoms with van der Waals surface area (Å²) in [6.07, 6.45) is -4.68. The van der Waals surface area contributed by atoms with Crippen molar-refractivity contribution in [1.29, 1.82) is 0 Å². The van der Waals surface area contributed by atoms with Crippen LogP contribution in [0.2, 0.25) is 0 Å². The van der Waals surface area contributed by atoms with Gasteiger partial charge in [0.15, 0.2) is 5.82 Å². The van der Waals surface area contributed by atoms with Crippen molar-refractivity contribution in [1.82, 2.24) is 9.78 Å². The number of nitrogens with zero attached hydrogens (tertiary/aromatic N) is 3. The summed E-state index contributed by atoms with van der Waals surface area (Å²) in [6.45, 7) is 1.88. The van der Waals surface area contributed by atoms with Crippen molar-refractivity contribution < 1.29 is 17.9 Å². The SMILES string of the molecule is Cc1cc(N(C)C)nn1-c1ccc(OC(F)(F)F)cc1. The summed E-state index contributed by atoms with van der Waals surface area (Å²) >= 11 is 0. The Morgan fingerprint density at radius 1 is 1.15 bits per heavy atom. The van der Waals surface area contributed by atoms with Gasteiger partial charge in [-0.1, -0.05) is 0 Å². The van der Waals surface area contributed by atoms with Gasteiger partial charge in [-0.05, 0) is 31.2 Å². The quantitative estimate of drug-likeness (QED) is 0.868. The normalized spacial score (nSPS) is 11.5. The molecule has 4 nitrogen and oxygen atoms in total. The predicted molar refractivity (Wildman–Crippen MR) is 69.3 cm³/mol. The Bertz CT molecular complexity index is 588. The molecular formula is C13H14F3N3O. The van der Waals surface area contributed by atoms with Gasteiger partial charge in [0.25, 0.3) is 0 Å². The van der Waals surface area contributed by atoms with Gasteiger partial charge < -0.3 is 9.64 Å². The monoisotopic (exact) mass is 285 g/mol. The minimum Gasteiger partial charge on any atom is -0.406 e. The Balaban J connectivity index is 2.26. The Hall–Kier alpha value is -2.18. The molecule has 0 bridgehead atoms. The standard InChI is InChI=1S/C13H14F3N3O/c1-9-8-12(18(2)3)17-19(9)10-4-6-11(7-5-10)20-13(14,15)16/h4-8H,1-3H3. The highest BCUT2D eigenvalue weighted by Crippen LogP contribution is 2.24. The maximum absolute atomic E-state index is 12.1. The van der Waals surface area contributed by atoms with Crippen LogP contribution in [0.5, 0.6) is 5.75 Å². The number of hydrogen-bond donors (Lipinski definition) is 0. The number of hydrogen-bond acceptors (Lipinski definition) is 3. The van der Waals surface area contributed by atoms with Gasteiger partial charge in [0.1, 0.15) is 5.75 Å². The highest BCUT2D eigenvalue weighted by atomic mass is 19.4. The van der Waals surface area contributed by atoms with E-state index in [-0.39, 0.29) is 5.75 Å². The van der Waals surface area contributed by atoms with E-state index in [0.717, 1.165) is 11.5 Å². The minimum atomic E-state index is -4.68. The van der Waals surface area contributed by atoms with E-state index >= 15 is 0 Å². The molecule has 0 unspecified atom stereocenters. The number of anilines is 1. The fraction of sp³-hybridized carbons (Fsp3) is 0.308. The molecule has 2 aromatic rings. The highest BCUT2D eigenvalue weighted by molar-refractivity contribution is 5.44. The van der Waals surface area contributed by atoms with E-state index in [1.54, 1.807) is 4.68 Å². The lowest BCUT2D eigenvalue weighted by Gasteiger charge is -2.10. The molecule has 0 N–H and O–H groups in total. The maximum atomic E-state index is 12.1. The topological polar surface area (TPSA) is 30.3 Å². The van der Waals surface area contributed by atoms with E-state index in [2.05, 4.69) is 9.84 Å². The van der Waals surface area contributed by atoms with E-state index in [4.69, 9.17) is 0 Å². The van der Waals surface area contributed by atoms with Gasteiger partial charge in [0.2, 0.25) is 0 Å². The summed E-state index contributed by atoms with van der Waals surface area (Å²) in [4.78, 5) is 1.85. The van der Waals surface area contributed by atoms with Crippen LogP contribution in [-0.4, -0.2) is 30.2 Å². The molecule has 7 heteroatoms. The maximum Gasteiger partial charge on any atom is 0.573 e. The molecule has 1 aromatic carbocycles. The van der Waals surface area contributed by atoms with Crippen LogP contribution in [0.1, 0.15) is 5.69 Å². The third-order valence-corrected chi connectivity index (χ3v) is 2.65. The van der Waals surface area contributed by atoms with Crippen LogP contribution in [-0.2, 0) is 0 Å². The summed E-state index contributed by atoms with van der Waals surface area (Å²) in [5.41, 5.74) is 1.56. The van der Waals surface area contributed by atoms with Crippen LogP contribution in [0, 0.1) is 6.92 Å². The molecule has 1 heterocycles. The molecule has 2 rings (SSSR count). The lowest BCUT2D eigenvalue weighted by atomic mass is 10.3. The first-order valence-electron chi connectivity index (χ1n) is 5.86. The van der Waals surface area contributed by atoms with E-state index in [1.165, 1.54) is 24.3 Å². The lowest BCUT2D eigenvalue weighted by Crippen LogP contribution is -2.17. The first-order chi connectivity index (χ1) is 9.26. The second-order valence-electron chi connectivity index (χ2n) is 4.49. The number of alkyl halides is 3. The molecule has 0 aliphatic carbocycles. The Morgan fingerprint density at radius 3 is 2.20 bits per heavy atom. The average Bonchev–Trinajstić information content (AvgIpc) is 2.70. The lowest BCUT2D eigenvalue weighted by molar-refractivity contribution is -0.274. The smallest absolute Gasteiger partial charge is 0.406 e. The summed E-state index contributed by atoms with van der Waals surface area (Å²) in [6, 6.07) is 7.47. The predicted octanol–water partition coefficient (Wildman–Crippen LogP) is 3.15. The molecule has 0 radical (unpaired) electrons. The van der Waals surface area contributed by atoms with Crippen molar-refractivity contribution in [2.24, 2.45) is 0 Å². The molecule has 0 fully saturated rings. The summed E-state index contributed by atoms with van der Waals surface area (Å²) in [7, 11) is 3.73. The fourth-order valence-electron chi connectivity index (χ4n) is 1.73. The van der Waals surface area contributed by atoms with Crippen LogP contribution in [0.3, 0.4) is 0 Å². The fourth-order valence-corrected chi connectivity index (χ4v) is 1.73. The van der Waals surface area contributed by atoms with Crippen molar-refractivity contribution in [3.05, 3.63) is 36.0 Å². The van der Waals surface area contributed by atoms with Crippen molar-refractivity contribution in [3.8, 4) is 11.4 Å². The summed E-state index contributed by atoms with van der Waals surface area (Å²) < 4.78 is 41.7. The summed E-state index contributed by atoms with van der Waals surface area (Å²) in [5.74, 6) is 0.525. The second-order valence-corrected chi connectivity index (χ2v) is 4.49. The van der Waals surface area contributed by atoms with Gasteiger partial charge in [-0.25, -0.2) is 4.68 Å². The number of halogens is 3. The van der Waals surface area contributed by atoms with Gasteiger partial charge >= 0.3 is 6.36 Å². The Morgan fingerprint density at radius 2 is 1.75 bits per heavy atom. The molecule has 0 saturated heterocycles. The Kier molecular flexibility index (Phi) is 3.61. The molecule has 1 aromatic heterocycles. The molecule has 0 atom stereocenters. The zero-order valence-electron chi connectivity index (χ0n) is 11.3. The molecule has 0 aliphatic heterocycles. The van der Waals surface area contributed by atoms with Crippen LogP contribution in [0.25, 0.3) is 5.69 Å². The van der Waals surface area contributed by atoms with Crippen LogP contribution < -0.4 is 9.64 Å². The third-order valence-electron chi connectivity index (χ3n) is 2.65. The van der Waals surface area contributed by atoms with Crippen molar-refractivity contribution in [2.45, 2.75) is 13.3 Å². The van der Waals surface area contributed by atoms with Crippen LogP contribution in [0.15, 0.2) is 30.3 Å². The van der Waals surface area contributed by atoms with E-state index in [1.807, 2.05) is 32.0 Å². The van der Waals surface area contributed by atoms with Crippen LogP contribution in [0.4, 0.5) is 19.0 Å². The minimum absolute atomic E-state index is 0.251. The highest BCUT2D eigenvalue weighted by Gasteiger charge is 2.30. The zero-order chi connectivity index (χ0) is 14.9. The zero-order valence-corrected chi connectivity index (χ0v) is 11.3. The average molecular weight is 285 g/mol. The van der Waals surface area contributed by atoms with Crippen molar-refractivity contribution in [3.63, 3.8) is 0 Å². The molecule has 0 spiro atoms. The number of aromatic nitrogens is 2. The van der Waals surface area contributed by atoms with Gasteiger partial charge in [-0.15, -0.1) is 13.2 Å². The van der Waals surface area contributed by atoms with Gasteiger partial charge in [-0.2, -0.15) is 5.10 Å². The first kappa shape index (κ1) is 14.2. The Labute approximate surface area is 114 Å². The van der Waals surface area contributed by atoms with E-state index < -0.39 is 6.36 Å². The number of rotatable bonds is 3. The molecule has 108 valence electrons. The van der Waals surface area contributed by atoms with Crippen molar-refractivity contribution >= 4 is 5.82 Å². The summed E-state index contributed by atoms with van der Waals surface area (Å²) in [5, 5.41) is 4.36. The molecule has 20 heavy (non-hydrogen) atoms. The van der Waals surface area contributed by atoms with Gasteiger partial charge in [0, 0.05) is 25.9 Å². The largest absolute Gasteiger partial charge is 0.573 e. The second kappa shape index (κ2) is 5.07. The molecular weight excluding hydrogens is 271 g/mol. The molecule has 0 amide bonds. The van der Waals surface area contributed by atoms with Crippen LogP contribution >= 0.6 is 0 Å². The third kappa shape index (κ3) is 3.23.